The average molecular weight is 399 g/mol. The van der Waals surface area contributed by atoms with Gasteiger partial charge in [-0.3, -0.25) is 9.38 Å². The van der Waals surface area contributed by atoms with Crippen LogP contribution in [0.1, 0.15) is 24.0 Å². The van der Waals surface area contributed by atoms with Crippen LogP contribution < -0.4 is 4.74 Å². The predicted molar refractivity (Wildman–Crippen MR) is 90.5 cm³/mol. The number of hydrogen-bond donors (Lipinski definition) is 0. The number of pyridine rings is 1. The Morgan fingerprint density at radius 3 is 2.39 bits per heavy atom. The summed E-state index contributed by atoms with van der Waals surface area (Å²) in [5.41, 5.74) is 1.80. The molecule has 0 aromatic carbocycles. The largest absolute Gasteiger partial charge is 0.471 e. The van der Waals surface area contributed by atoms with E-state index >= 15 is 0 Å². The summed E-state index contributed by atoms with van der Waals surface area (Å²) < 4.78 is 64.3. The molecule has 0 aliphatic rings. The summed E-state index contributed by atoms with van der Waals surface area (Å²) in [7, 11) is 0.865. The van der Waals surface area contributed by atoms with Crippen LogP contribution in [0.3, 0.4) is 0 Å². The number of nitrogens with zero attached hydrogens (tertiary/aromatic N) is 5. The van der Waals surface area contributed by atoms with Crippen molar-refractivity contribution in [3.8, 4) is 17.1 Å². The van der Waals surface area contributed by atoms with E-state index in [4.69, 9.17) is 4.74 Å². The molecule has 7 nitrogen and oxygen atoms in total. The molecule has 3 rings (SSSR count). The number of hydrogen-bond acceptors (Lipinski definition) is 6. The summed E-state index contributed by atoms with van der Waals surface area (Å²) in [5, 5.41) is 7.20. The van der Waals surface area contributed by atoms with Gasteiger partial charge in [-0.25, -0.2) is 13.8 Å². The molecule has 0 atom stereocenters. The van der Waals surface area contributed by atoms with Crippen LogP contribution >= 0.6 is 0 Å². The number of rotatable bonds is 6. The second-order valence-corrected chi connectivity index (χ2v) is 6.34. The van der Waals surface area contributed by atoms with E-state index in [0.29, 0.717) is 22.5 Å². The van der Waals surface area contributed by atoms with E-state index < -0.39 is 24.5 Å². The highest BCUT2D eigenvalue weighted by atomic mass is 19.3. The Bertz CT molecular complexity index is 1020. The second kappa shape index (κ2) is 6.97. The summed E-state index contributed by atoms with van der Waals surface area (Å²) in [4.78, 5) is 8.29. The molecule has 0 bridgehead atoms. The lowest BCUT2D eigenvalue weighted by molar-refractivity contribution is -0.237. The lowest BCUT2D eigenvalue weighted by Gasteiger charge is -2.15. The molecule has 150 valence electrons. The van der Waals surface area contributed by atoms with E-state index in [9.17, 15) is 17.6 Å². The lowest BCUT2D eigenvalue weighted by Crippen LogP contribution is -2.21. The molecule has 0 amide bonds. The van der Waals surface area contributed by atoms with Crippen LogP contribution in [0.5, 0.6) is 5.88 Å². The highest BCUT2D eigenvalue weighted by Crippen LogP contribution is 2.31. The Morgan fingerprint density at radius 1 is 1.07 bits per heavy atom. The lowest BCUT2D eigenvalue weighted by atomic mass is 10.1. The van der Waals surface area contributed by atoms with Gasteiger partial charge < -0.3 is 9.47 Å². The van der Waals surface area contributed by atoms with Crippen LogP contribution in [0.25, 0.3) is 16.9 Å². The quantitative estimate of drug-likeness (QED) is 0.591. The maximum Gasteiger partial charge on any atom is 0.417 e. The third-order valence-corrected chi connectivity index (χ3v) is 3.96. The molecule has 0 saturated carbocycles. The van der Waals surface area contributed by atoms with Gasteiger partial charge in [-0.15, -0.1) is 10.2 Å². The van der Waals surface area contributed by atoms with Gasteiger partial charge in [0, 0.05) is 37.1 Å². The van der Waals surface area contributed by atoms with Gasteiger partial charge in [0.2, 0.25) is 11.7 Å². The van der Waals surface area contributed by atoms with Crippen LogP contribution in [0.4, 0.5) is 17.6 Å². The number of alkyl halides is 4. The van der Waals surface area contributed by atoms with Crippen LogP contribution in [-0.2, 0) is 10.8 Å². The summed E-state index contributed by atoms with van der Waals surface area (Å²) in [6.45, 7) is 3.15. The third kappa shape index (κ3) is 3.75. The van der Waals surface area contributed by atoms with E-state index in [0.717, 1.165) is 18.4 Å². The van der Waals surface area contributed by atoms with Gasteiger partial charge in [0.1, 0.15) is 0 Å². The smallest absolute Gasteiger partial charge is 0.417 e. The average Bonchev–Trinajstić information content (AvgIpc) is 3.06. The molecule has 0 radical (unpaired) electrons. The number of aromatic nitrogens is 5. The summed E-state index contributed by atoms with van der Waals surface area (Å²) in [5.74, 6) is -3.62. The maximum absolute atomic E-state index is 14.0. The molecule has 28 heavy (non-hydrogen) atoms. The molecule has 0 aliphatic carbocycles. The third-order valence-electron chi connectivity index (χ3n) is 3.96. The Hall–Kier alpha value is -2.82. The van der Waals surface area contributed by atoms with Crippen molar-refractivity contribution in [1.82, 2.24) is 24.6 Å². The molecule has 0 saturated heterocycles. The van der Waals surface area contributed by atoms with Crippen molar-refractivity contribution in [2.24, 2.45) is 0 Å². The molecule has 0 fully saturated rings. The summed E-state index contributed by atoms with van der Waals surface area (Å²) in [6.07, 6.45) is -0.974. The molecule has 3 aromatic rings. The summed E-state index contributed by atoms with van der Waals surface area (Å²) >= 11 is 0. The van der Waals surface area contributed by atoms with E-state index in [1.165, 1.54) is 12.4 Å². The van der Waals surface area contributed by atoms with Crippen molar-refractivity contribution in [2.75, 3.05) is 13.7 Å². The monoisotopic (exact) mass is 399 g/mol. The number of halogens is 4. The predicted octanol–water partition coefficient (Wildman–Crippen LogP) is 3.53. The minimum absolute atomic E-state index is 0.0555. The van der Waals surface area contributed by atoms with Crippen molar-refractivity contribution < 1.29 is 27.0 Å². The SMILES string of the molecule is COC(F)(F)c1nnc2cnc(-c3cnc(OCC(C)(F)F)c(C)c3)c(C)n12. The van der Waals surface area contributed by atoms with Gasteiger partial charge in [-0.1, -0.05) is 0 Å². The second-order valence-electron chi connectivity index (χ2n) is 6.34. The van der Waals surface area contributed by atoms with Gasteiger partial charge in [0.15, 0.2) is 12.3 Å². The Labute approximate surface area is 157 Å². The standard InChI is InChI=1S/C17H17F4N5O2/c1-9-5-11(6-23-14(9)28-8-16(3,18)19)13-10(2)26-12(7-22-13)24-25-15(26)17(20,21)27-4/h5-7H,8H2,1-4H3. The molecular weight excluding hydrogens is 382 g/mol. The Kier molecular flexibility index (Phi) is 4.96. The molecule has 3 heterocycles. The fraction of sp³-hybridized carbons (Fsp3) is 0.412. The highest BCUT2D eigenvalue weighted by Gasteiger charge is 2.38. The van der Waals surface area contributed by atoms with Gasteiger partial charge >= 0.3 is 6.11 Å². The first kappa shape index (κ1) is 19.9. The molecular formula is C17H17F4N5O2. The van der Waals surface area contributed by atoms with Crippen LogP contribution in [0.2, 0.25) is 0 Å². The number of ether oxygens (including phenoxy) is 2. The van der Waals surface area contributed by atoms with E-state index in [1.54, 1.807) is 19.9 Å². The Balaban J connectivity index is 2.03. The van der Waals surface area contributed by atoms with Crippen LogP contribution in [0.15, 0.2) is 18.5 Å². The molecule has 11 heteroatoms. The molecule has 0 N–H and O–H groups in total. The molecule has 3 aromatic heterocycles. The zero-order valence-electron chi connectivity index (χ0n) is 15.5. The fourth-order valence-corrected chi connectivity index (χ4v) is 2.63. The minimum Gasteiger partial charge on any atom is -0.471 e. The first-order valence-corrected chi connectivity index (χ1v) is 8.15. The first-order valence-electron chi connectivity index (χ1n) is 8.15. The van der Waals surface area contributed by atoms with Gasteiger partial charge in [0.25, 0.3) is 5.92 Å². The fourth-order valence-electron chi connectivity index (χ4n) is 2.63. The van der Waals surface area contributed by atoms with Gasteiger partial charge in [0.05, 0.1) is 11.9 Å². The van der Waals surface area contributed by atoms with Crippen molar-refractivity contribution in [1.29, 1.82) is 0 Å². The molecule has 0 aliphatic heterocycles. The van der Waals surface area contributed by atoms with E-state index in [1.807, 2.05) is 0 Å². The summed E-state index contributed by atoms with van der Waals surface area (Å²) in [6, 6.07) is 1.62. The van der Waals surface area contributed by atoms with E-state index in [-0.39, 0.29) is 11.5 Å². The van der Waals surface area contributed by atoms with Crippen LogP contribution in [0, 0.1) is 13.8 Å². The molecule has 0 unspecified atom stereocenters. The normalized spacial score (nSPS) is 12.6. The van der Waals surface area contributed by atoms with Crippen molar-refractivity contribution >= 4 is 5.65 Å². The van der Waals surface area contributed by atoms with Crippen molar-refractivity contribution in [3.05, 3.63) is 35.5 Å². The topological polar surface area (TPSA) is 74.4 Å². The van der Waals surface area contributed by atoms with Crippen LogP contribution in [-0.4, -0.2) is 44.2 Å². The molecule has 0 spiro atoms. The maximum atomic E-state index is 14.0. The number of methoxy groups -OCH3 is 1. The van der Waals surface area contributed by atoms with Crippen molar-refractivity contribution in [2.45, 2.75) is 32.8 Å². The zero-order chi connectivity index (χ0) is 20.7. The highest BCUT2D eigenvalue weighted by molar-refractivity contribution is 5.64. The number of aryl methyl sites for hydroxylation is 2. The number of fused-ring (bicyclic) bond motifs is 1. The van der Waals surface area contributed by atoms with Crippen molar-refractivity contribution in [3.63, 3.8) is 0 Å². The minimum atomic E-state index is -3.64. The van der Waals surface area contributed by atoms with E-state index in [2.05, 4.69) is 24.9 Å². The zero-order valence-corrected chi connectivity index (χ0v) is 15.5. The van der Waals surface area contributed by atoms with Gasteiger partial charge in [-0.05, 0) is 19.9 Å². The first-order chi connectivity index (χ1) is 13.0. The van der Waals surface area contributed by atoms with Gasteiger partial charge in [-0.2, -0.15) is 8.78 Å². The Morgan fingerprint density at radius 2 is 1.79 bits per heavy atom.